The largest absolute Gasteiger partial charge is 0.481 e. The lowest BCUT2D eigenvalue weighted by Crippen LogP contribution is -2.41. The summed E-state index contributed by atoms with van der Waals surface area (Å²) in [7, 11) is 2.19. The Balaban J connectivity index is 3.64. The van der Waals surface area contributed by atoms with Crippen molar-refractivity contribution in [3.05, 3.63) is 0 Å². The van der Waals surface area contributed by atoms with Crippen LogP contribution in [0, 0.1) is 0 Å². The van der Waals surface area contributed by atoms with Crippen LogP contribution in [0.3, 0.4) is 0 Å². The number of hydrogen-bond acceptors (Lipinski definition) is 12. The monoisotopic (exact) mass is 922 g/mol. The standard InChI is InChI=1S/C43H80N5O14P/c49-37(23-22-35(42(55)56)47-38(50)20-15-13-11-9-7-5-3-1-2-4-6-8-10-12-14-16-21-41(53)54)45-25-27-59-29-32-62-34-40(52)46-26-28-60-30-31-61-33-39(51)44-24-18-17-19-36(48-63)43(57)58/h35-36,48H,1-34,63H2,(H,44,51)(H,45,49)(H,46,52)(H,47,50)(H,53,54)(H,55,56)(H,57,58)/t35-,36-/m0/s1. The SMILES string of the molecule is O=C(O)CCCCCCCCCCCCCCCCCCC(=O)N[C@@H](CCC(=O)NCCOCCOCC(=O)NCCOCCOCC(=O)NCCCC[C@H](NP)C(=O)O)C(=O)O. The average molecular weight is 922 g/mol. The number of carbonyl (C=O) groups excluding carboxylic acids is 4. The first kappa shape index (κ1) is 59.5. The molecule has 19 nitrogen and oxygen atoms in total. The lowest BCUT2D eigenvalue weighted by Gasteiger charge is -2.14. The topological polar surface area (TPSA) is 277 Å². The Labute approximate surface area is 376 Å². The van der Waals surface area contributed by atoms with E-state index in [1.807, 2.05) is 0 Å². The molecule has 366 valence electrons. The van der Waals surface area contributed by atoms with Gasteiger partial charge in [-0.1, -0.05) is 99.3 Å². The molecule has 0 rings (SSSR count). The molecule has 0 heterocycles. The predicted octanol–water partition coefficient (Wildman–Crippen LogP) is 3.86. The Morgan fingerprint density at radius 3 is 1.25 bits per heavy atom. The number of unbranched alkanes of at least 4 members (excludes halogenated alkanes) is 16. The van der Waals surface area contributed by atoms with Crippen molar-refractivity contribution in [3.63, 3.8) is 0 Å². The summed E-state index contributed by atoms with van der Waals surface area (Å²) in [5, 5.41) is 40.3. The molecule has 4 amide bonds. The normalized spacial score (nSPS) is 12.0. The summed E-state index contributed by atoms with van der Waals surface area (Å²) < 4.78 is 21.3. The third-order valence-corrected chi connectivity index (χ3v) is 10.3. The van der Waals surface area contributed by atoms with E-state index >= 15 is 0 Å². The van der Waals surface area contributed by atoms with Crippen LogP contribution in [-0.4, -0.2) is 141 Å². The van der Waals surface area contributed by atoms with Crippen molar-refractivity contribution in [3.8, 4) is 0 Å². The van der Waals surface area contributed by atoms with Gasteiger partial charge in [0.2, 0.25) is 23.6 Å². The number of carboxylic acid groups (broad SMARTS) is 3. The highest BCUT2D eigenvalue weighted by Crippen LogP contribution is 2.14. The van der Waals surface area contributed by atoms with Gasteiger partial charge in [0.15, 0.2) is 0 Å². The van der Waals surface area contributed by atoms with Crippen LogP contribution in [0.2, 0.25) is 0 Å². The second kappa shape index (κ2) is 43.8. The van der Waals surface area contributed by atoms with Crippen molar-refractivity contribution in [1.82, 2.24) is 26.4 Å². The summed E-state index contributed by atoms with van der Waals surface area (Å²) in [5.41, 5.74) is 0. The van der Waals surface area contributed by atoms with Gasteiger partial charge in [-0.05, 0) is 38.5 Å². The molecule has 1 unspecified atom stereocenters. The number of nitrogens with one attached hydrogen (secondary N) is 5. The minimum absolute atomic E-state index is 0.0276. The van der Waals surface area contributed by atoms with Gasteiger partial charge in [-0.15, -0.1) is 0 Å². The van der Waals surface area contributed by atoms with E-state index in [4.69, 9.17) is 29.2 Å². The molecule has 0 fully saturated rings. The lowest BCUT2D eigenvalue weighted by atomic mass is 10.0. The molecule has 0 radical (unpaired) electrons. The molecule has 0 saturated heterocycles. The maximum atomic E-state index is 12.3. The second-order valence-corrected chi connectivity index (χ2v) is 15.8. The predicted molar refractivity (Wildman–Crippen MR) is 240 cm³/mol. The summed E-state index contributed by atoms with van der Waals surface area (Å²) >= 11 is 0. The Hall–Kier alpha value is -3.48. The van der Waals surface area contributed by atoms with Crippen molar-refractivity contribution >= 4 is 50.9 Å². The quantitative estimate of drug-likeness (QED) is 0.0318. The number of rotatable bonds is 47. The maximum Gasteiger partial charge on any atom is 0.326 e. The van der Waals surface area contributed by atoms with Crippen LogP contribution in [-0.2, 0) is 52.5 Å². The van der Waals surface area contributed by atoms with Crippen LogP contribution < -0.4 is 26.4 Å². The lowest BCUT2D eigenvalue weighted by molar-refractivity contribution is -0.142. The van der Waals surface area contributed by atoms with E-state index in [-0.39, 0.29) is 115 Å². The van der Waals surface area contributed by atoms with Crippen LogP contribution in [0.5, 0.6) is 0 Å². The molecule has 8 N–H and O–H groups in total. The molecule has 0 aliphatic carbocycles. The van der Waals surface area contributed by atoms with Crippen molar-refractivity contribution < 1.29 is 67.8 Å². The Morgan fingerprint density at radius 1 is 0.397 bits per heavy atom. The zero-order chi connectivity index (χ0) is 46.6. The molecule has 0 aromatic carbocycles. The van der Waals surface area contributed by atoms with Crippen molar-refractivity contribution in [2.24, 2.45) is 0 Å². The third kappa shape index (κ3) is 42.2. The van der Waals surface area contributed by atoms with Crippen LogP contribution >= 0.6 is 9.39 Å². The van der Waals surface area contributed by atoms with Gasteiger partial charge >= 0.3 is 17.9 Å². The second-order valence-electron chi connectivity index (χ2n) is 15.5. The first-order valence-corrected chi connectivity index (χ1v) is 23.6. The van der Waals surface area contributed by atoms with Crippen LogP contribution in [0.25, 0.3) is 0 Å². The summed E-state index contributed by atoms with van der Waals surface area (Å²) in [6.07, 6.45) is 20.0. The van der Waals surface area contributed by atoms with Crippen LogP contribution in [0.1, 0.15) is 148 Å². The number of aliphatic carboxylic acids is 3. The average Bonchev–Trinajstić information content (AvgIpc) is 3.24. The number of ether oxygens (including phenoxy) is 4. The Morgan fingerprint density at radius 2 is 0.810 bits per heavy atom. The third-order valence-electron chi connectivity index (χ3n) is 9.93. The van der Waals surface area contributed by atoms with Gasteiger partial charge in [0.05, 0.1) is 39.6 Å². The van der Waals surface area contributed by atoms with Gasteiger partial charge in [0.1, 0.15) is 25.3 Å². The van der Waals surface area contributed by atoms with E-state index < -0.39 is 30.0 Å². The Bertz CT molecular complexity index is 1230. The van der Waals surface area contributed by atoms with E-state index in [1.54, 1.807) is 0 Å². The highest BCUT2D eigenvalue weighted by Gasteiger charge is 2.21. The van der Waals surface area contributed by atoms with E-state index in [2.05, 4.69) is 35.7 Å². The molecule has 0 aliphatic heterocycles. The highest BCUT2D eigenvalue weighted by molar-refractivity contribution is 7.13. The zero-order valence-corrected chi connectivity index (χ0v) is 38.8. The molecule has 0 aliphatic rings. The van der Waals surface area contributed by atoms with Crippen molar-refractivity contribution in [2.75, 3.05) is 72.5 Å². The van der Waals surface area contributed by atoms with Gasteiger partial charge in [0.25, 0.3) is 0 Å². The molecule has 0 spiro atoms. The molecule has 3 atom stereocenters. The summed E-state index contributed by atoms with van der Waals surface area (Å²) in [6, 6.07) is -1.77. The molecule has 0 saturated carbocycles. The van der Waals surface area contributed by atoms with Crippen LogP contribution in [0.4, 0.5) is 0 Å². The smallest absolute Gasteiger partial charge is 0.326 e. The first-order chi connectivity index (χ1) is 30.5. The van der Waals surface area contributed by atoms with Gasteiger partial charge in [-0.2, -0.15) is 0 Å². The molecule has 63 heavy (non-hydrogen) atoms. The number of carbonyl (C=O) groups is 7. The molecule has 20 heteroatoms. The fourth-order valence-corrected chi connectivity index (χ4v) is 6.61. The summed E-state index contributed by atoms with van der Waals surface area (Å²) in [5.74, 6) is -4.09. The molecular formula is C43H80N5O14P. The Kier molecular flexibility index (Phi) is 41.3. The first-order valence-electron chi connectivity index (χ1n) is 23.0. The minimum atomic E-state index is -1.18. The molecule has 0 bridgehead atoms. The van der Waals surface area contributed by atoms with E-state index in [1.165, 1.54) is 57.8 Å². The fourth-order valence-electron chi connectivity index (χ4n) is 6.30. The zero-order valence-electron chi connectivity index (χ0n) is 37.6. The van der Waals surface area contributed by atoms with Crippen molar-refractivity contribution in [1.29, 1.82) is 0 Å². The molecule has 0 aromatic heterocycles. The number of carboxylic acids is 3. The van der Waals surface area contributed by atoms with Gasteiger partial charge in [-0.25, -0.2) is 4.79 Å². The van der Waals surface area contributed by atoms with Gasteiger partial charge in [0, 0.05) is 38.9 Å². The van der Waals surface area contributed by atoms with E-state index in [0.717, 1.165) is 38.5 Å². The van der Waals surface area contributed by atoms with Crippen LogP contribution in [0.15, 0.2) is 0 Å². The number of hydrogen-bond donors (Lipinski definition) is 8. The highest BCUT2D eigenvalue weighted by atomic mass is 31.0. The van der Waals surface area contributed by atoms with Gasteiger partial charge in [-0.3, -0.25) is 33.9 Å². The van der Waals surface area contributed by atoms with Crippen molar-refractivity contribution in [2.45, 2.75) is 160 Å². The fraction of sp³-hybridized carbons (Fsp3) is 0.837. The van der Waals surface area contributed by atoms with Gasteiger partial charge < -0.3 is 55.5 Å². The van der Waals surface area contributed by atoms with E-state index in [9.17, 15) is 38.7 Å². The summed E-state index contributed by atoms with van der Waals surface area (Å²) in [6.45, 7) is 1.85. The summed E-state index contributed by atoms with van der Waals surface area (Å²) in [4.78, 5) is 81.4. The minimum Gasteiger partial charge on any atom is -0.481 e. The molecular weight excluding hydrogens is 841 g/mol. The number of amides is 4. The van der Waals surface area contributed by atoms with E-state index in [0.29, 0.717) is 32.2 Å². The maximum absolute atomic E-state index is 12.3. The molecule has 0 aromatic rings.